The molecule has 2 heterocycles. The van der Waals surface area contributed by atoms with Crippen LogP contribution in [-0.2, 0) is 20.7 Å². The van der Waals surface area contributed by atoms with Crippen LogP contribution in [0.5, 0.6) is 5.75 Å². The van der Waals surface area contributed by atoms with Crippen LogP contribution in [0.4, 0.5) is 0 Å². The lowest BCUT2D eigenvalue weighted by Gasteiger charge is -2.31. The lowest BCUT2D eigenvalue weighted by Crippen LogP contribution is -2.43. The van der Waals surface area contributed by atoms with Gasteiger partial charge in [0, 0.05) is 18.5 Å². The molecule has 7 heteroatoms. The quantitative estimate of drug-likeness (QED) is 0.663. The van der Waals surface area contributed by atoms with Crippen molar-refractivity contribution < 1.29 is 19.1 Å². The predicted octanol–water partition coefficient (Wildman–Crippen LogP) is 3.55. The molecule has 1 atom stereocenters. The van der Waals surface area contributed by atoms with E-state index in [4.69, 9.17) is 9.47 Å². The molecular formula is C21H26N2O4S. The number of carbonyl (C=O) groups excluding carboxylic acids is 2. The van der Waals surface area contributed by atoms with E-state index < -0.39 is 0 Å². The molecule has 3 rings (SSSR count). The van der Waals surface area contributed by atoms with Crippen molar-refractivity contribution in [1.29, 1.82) is 0 Å². The zero-order chi connectivity index (χ0) is 19.9. The molecule has 1 aliphatic rings. The molecule has 0 radical (unpaired) electrons. The van der Waals surface area contributed by atoms with Crippen LogP contribution in [0.25, 0.3) is 10.6 Å². The molecule has 150 valence electrons. The van der Waals surface area contributed by atoms with Gasteiger partial charge in [-0.1, -0.05) is 12.1 Å². The second kappa shape index (κ2) is 9.68. The third-order valence-corrected chi connectivity index (χ3v) is 5.62. The number of amides is 1. The number of carbonyl (C=O) groups is 2. The van der Waals surface area contributed by atoms with Crippen molar-refractivity contribution in [3.63, 3.8) is 0 Å². The van der Waals surface area contributed by atoms with Gasteiger partial charge < -0.3 is 14.4 Å². The second-order valence-corrected chi connectivity index (χ2v) is 7.54. The summed E-state index contributed by atoms with van der Waals surface area (Å²) in [7, 11) is 0. The van der Waals surface area contributed by atoms with Crippen LogP contribution in [0.2, 0.25) is 0 Å². The Kier molecular flexibility index (Phi) is 7.03. The summed E-state index contributed by atoms with van der Waals surface area (Å²) >= 11 is 1.51. The van der Waals surface area contributed by atoms with Gasteiger partial charge in [0.2, 0.25) is 5.91 Å². The highest BCUT2D eigenvalue weighted by molar-refractivity contribution is 7.13. The molecule has 0 saturated carbocycles. The molecule has 1 unspecified atom stereocenters. The van der Waals surface area contributed by atoms with Crippen LogP contribution in [0.1, 0.15) is 32.4 Å². The van der Waals surface area contributed by atoms with Gasteiger partial charge in [0.15, 0.2) is 0 Å². The van der Waals surface area contributed by atoms with Gasteiger partial charge in [-0.2, -0.15) is 0 Å². The van der Waals surface area contributed by atoms with Gasteiger partial charge in [0.05, 0.1) is 36.8 Å². The third kappa shape index (κ3) is 4.90. The summed E-state index contributed by atoms with van der Waals surface area (Å²) in [6.07, 6.45) is 1.83. The largest absolute Gasteiger partial charge is 0.493 e. The molecule has 1 amide bonds. The highest BCUT2D eigenvalue weighted by Gasteiger charge is 2.29. The predicted molar refractivity (Wildman–Crippen MR) is 108 cm³/mol. The zero-order valence-corrected chi connectivity index (χ0v) is 17.2. The molecular weight excluding hydrogens is 376 g/mol. The van der Waals surface area contributed by atoms with Gasteiger partial charge in [0.1, 0.15) is 10.8 Å². The van der Waals surface area contributed by atoms with E-state index in [1.54, 1.807) is 11.8 Å². The maximum absolute atomic E-state index is 12.7. The lowest BCUT2D eigenvalue weighted by molar-refractivity contribution is -0.151. The number of likely N-dealkylation sites (tertiary alicyclic amines) is 1. The molecule has 2 aromatic rings. The molecule has 1 saturated heterocycles. The molecule has 0 aliphatic carbocycles. The number of piperidine rings is 1. The summed E-state index contributed by atoms with van der Waals surface area (Å²) < 4.78 is 10.8. The highest BCUT2D eigenvalue weighted by Crippen LogP contribution is 2.32. The van der Waals surface area contributed by atoms with Gasteiger partial charge in [0.25, 0.3) is 0 Å². The number of esters is 1. The van der Waals surface area contributed by atoms with E-state index in [0.29, 0.717) is 26.3 Å². The minimum absolute atomic E-state index is 0.00365. The van der Waals surface area contributed by atoms with Crippen molar-refractivity contribution in [3.8, 4) is 16.3 Å². The number of aromatic nitrogens is 1. The van der Waals surface area contributed by atoms with E-state index in [1.165, 1.54) is 11.3 Å². The average molecular weight is 403 g/mol. The van der Waals surface area contributed by atoms with E-state index in [2.05, 4.69) is 4.98 Å². The van der Waals surface area contributed by atoms with Crippen LogP contribution >= 0.6 is 11.3 Å². The summed E-state index contributed by atoms with van der Waals surface area (Å²) in [6.45, 7) is 5.82. The Morgan fingerprint density at radius 1 is 1.25 bits per heavy atom. The first-order chi connectivity index (χ1) is 13.6. The van der Waals surface area contributed by atoms with Crippen molar-refractivity contribution in [2.75, 3.05) is 26.3 Å². The van der Waals surface area contributed by atoms with E-state index >= 15 is 0 Å². The number of ether oxygens (including phenoxy) is 2. The molecule has 1 aromatic carbocycles. The molecule has 0 spiro atoms. The van der Waals surface area contributed by atoms with Crippen molar-refractivity contribution in [3.05, 3.63) is 35.3 Å². The minimum atomic E-state index is -0.221. The molecule has 28 heavy (non-hydrogen) atoms. The van der Waals surface area contributed by atoms with Crippen LogP contribution in [0, 0.1) is 5.92 Å². The van der Waals surface area contributed by atoms with Gasteiger partial charge in [-0.05, 0) is 38.8 Å². The summed E-state index contributed by atoms with van der Waals surface area (Å²) in [4.78, 5) is 31.1. The Bertz CT molecular complexity index is 820. The summed E-state index contributed by atoms with van der Waals surface area (Å²) in [6, 6.07) is 7.79. The van der Waals surface area contributed by atoms with E-state index in [1.807, 2.05) is 36.6 Å². The number of para-hydroxylation sites is 1. The van der Waals surface area contributed by atoms with Gasteiger partial charge in [-0.3, -0.25) is 9.59 Å². The normalized spacial score (nSPS) is 16.6. The Morgan fingerprint density at radius 2 is 2.07 bits per heavy atom. The summed E-state index contributed by atoms with van der Waals surface area (Å²) in [5.41, 5.74) is 1.68. The van der Waals surface area contributed by atoms with Crippen molar-refractivity contribution >= 4 is 23.2 Å². The van der Waals surface area contributed by atoms with Crippen LogP contribution in [0.15, 0.2) is 29.6 Å². The van der Waals surface area contributed by atoms with Gasteiger partial charge in [-0.25, -0.2) is 4.98 Å². The minimum Gasteiger partial charge on any atom is -0.493 e. The van der Waals surface area contributed by atoms with Crippen LogP contribution < -0.4 is 4.74 Å². The number of hydrogen-bond acceptors (Lipinski definition) is 6. The lowest BCUT2D eigenvalue weighted by atomic mass is 9.98. The van der Waals surface area contributed by atoms with E-state index in [9.17, 15) is 9.59 Å². The van der Waals surface area contributed by atoms with Crippen LogP contribution in [-0.4, -0.2) is 48.1 Å². The molecule has 1 aliphatic heterocycles. The van der Waals surface area contributed by atoms with Crippen molar-refractivity contribution in [2.45, 2.75) is 33.1 Å². The number of rotatable bonds is 7. The smallest absolute Gasteiger partial charge is 0.310 e. The Balaban J connectivity index is 1.65. The van der Waals surface area contributed by atoms with Gasteiger partial charge in [-0.15, -0.1) is 11.3 Å². The highest BCUT2D eigenvalue weighted by atomic mass is 32.1. The zero-order valence-electron chi connectivity index (χ0n) is 16.3. The number of thiazole rings is 1. The molecule has 0 N–H and O–H groups in total. The first kappa shape index (κ1) is 20.3. The maximum Gasteiger partial charge on any atom is 0.310 e. The summed E-state index contributed by atoms with van der Waals surface area (Å²) in [5, 5.41) is 2.76. The Labute approximate surface area is 169 Å². The fraction of sp³-hybridized carbons (Fsp3) is 0.476. The number of nitrogens with zero attached hydrogens (tertiary/aromatic N) is 2. The topological polar surface area (TPSA) is 68.7 Å². The summed E-state index contributed by atoms with van der Waals surface area (Å²) in [5.74, 6) is 0.375. The second-order valence-electron chi connectivity index (χ2n) is 6.68. The van der Waals surface area contributed by atoms with Crippen molar-refractivity contribution in [1.82, 2.24) is 9.88 Å². The number of benzene rings is 1. The maximum atomic E-state index is 12.7. The molecule has 1 fully saturated rings. The standard InChI is InChI=1S/C21H26N2O4S/c1-3-26-18-10-6-5-9-17(18)20-22-16(14-28-20)12-19(24)23-11-7-8-15(13-23)21(25)27-4-2/h5-6,9-10,14-15H,3-4,7-8,11-13H2,1-2H3. The third-order valence-electron chi connectivity index (χ3n) is 4.70. The Hall–Kier alpha value is -2.41. The molecule has 0 bridgehead atoms. The van der Waals surface area contributed by atoms with E-state index in [0.717, 1.165) is 34.9 Å². The monoisotopic (exact) mass is 402 g/mol. The first-order valence-corrected chi connectivity index (χ1v) is 10.6. The first-order valence-electron chi connectivity index (χ1n) is 9.73. The average Bonchev–Trinajstić information content (AvgIpc) is 3.17. The Morgan fingerprint density at radius 3 is 2.86 bits per heavy atom. The molecule has 1 aromatic heterocycles. The fourth-order valence-electron chi connectivity index (χ4n) is 3.36. The van der Waals surface area contributed by atoms with E-state index in [-0.39, 0.29) is 24.2 Å². The van der Waals surface area contributed by atoms with Gasteiger partial charge >= 0.3 is 5.97 Å². The molecule has 6 nitrogen and oxygen atoms in total. The fourth-order valence-corrected chi connectivity index (χ4v) is 4.21. The number of hydrogen-bond donors (Lipinski definition) is 0. The SMILES string of the molecule is CCOC(=O)C1CCCN(C(=O)Cc2csc(-c3ccccc3OCC)n2)C1. The van der Waals surface area contributed by atoms with Crippen LogP contribution in [0.3, 0.4) is 0 Å². The van der Waals surface area contributed by atoms with Crippen molar-refractivity contribution in [2.24, 2.45) is 5.92 Å².